The molecule has 0 aromatic heterocycles. The molecule has 0 aliphatic carbocycles. The normalized spacial score (nSPS) is 20.6. The van der Waals surface area contributed by atoms with Gasteiger partial charge in [0.1, 0.15) is 5.82 Å². The maximum absolute atomic E-state index is 12.7. The van der Waals surface area contributed by atoms with Crippen molar-refractivity contribution in [2.75, 3.05) is 13.1 Å². The molecular formula is C12H14FNO4S. The summed E-state index contributed by atoms with van der Waals surface area (Å²) in [5.41, 5.74) is 0.486. The van der Waals surface area contributed by atoms with Gasteiger partial charge in [-0.1, -0.05) is 12.1 Å². The number of hydrogen-bond acceptors (Lipinski definition) is 3. The Hall–Kier alpha value is -1.47. The first-order valence-electron chi connectivity index (χ1n) is 5.83. The van der Waals surface area contributed by atoms with E-state index in [-0.39, 0.29) is 18.8 Å². The first-order valence-corrected chi connectivity index (χ1v) is 7.44. The lowest BCUT2D eigenvalue weighted by atomic mass is 10.1. The minimum atomic E-state index is -3.54. The van der Waals surface area contributed by atoms with E-state index in [0.717, 1.165) is 0 Å². The highest BCUT2D eigenvalue weighted by Gasteiger charge is 2.34. The van der Waals surface area contributed by atoms with E-state index in [2.05, 4.69) is 0 Å². The number of carbonyl (C=O) groups is 1. The lowest BCUT2D eigenvalue weighted by Crippen LogP contribution is -2.31. The van der Waals surface area contributed by atoms with E-state index in [0.29, 0.717) is 12.0 Å². The van der Waals surface area contributed by atoms with Gasteiger partial charge in [-0.15, -0.1) is 0 Å². The number of rotatable bonds is 4. The van der Waals surface area contributed by atoms with Gasteiger partial charge in [-0.2, -0.15) is 0 Å². The fraction of sp³-hybridized carbons (Fsp3) is 0.417. The highest BCUT2D eigenvalue weighted by molar-refractivity contribution is 7.88. The van der Waals surface area contributed by atoms with Crippen LogP contribution in [-0.2, 0) is 20.6 Å². The molecule has 104 valence electrons. The molecule has 7 heteroatoms. The Kier molecular flexibility index (Phi) is 3.86. The highest BCUT2D eigenvalue weighted by atomic mass is 32.2. The molecule has 1 aromatic rings. The standard InChI is InChI=1S/C12H14FNO4S/c13-11-3-1-9(2-4-11)8-19(17,18)14-6-5-10(7-14)12(15)16/h1-4,10H,5-8H2,(H,15,16). The second-order valence-electron chi connectivity index (χ2n) is 4.56. The van der Waals surface area contributed by atoms with Gasteiger partial charge in [-0.3, -0.25) is 4.79 Å². The summed E-state index contributed by atoms with van der Waals surface area (Å²) >= 11 is 0. The molecule has 1 fully saturated rings. The smallest absolute Gasteiger partial charge is 0.307 e. The minimum Gasteiger partial charge on any atom is -0.481 e. The minimum absolute atomic E-state index is 0.0128. The van der Waals surface area contributed by atoms with Gasteiger partial charge in [0, 0.05) is 13.1 Å². The van der Waals surface area contributed by atoms with Crippen LogP contribution in [0.15, 0.2) is 24.3 Å². The fourth-order valence-electron chi connectivity index (χ4n) is 2.06. The van der Waals surface area contributed by atoms with Crippen LogP contribution < -0.4 is 0 Å². The van der Waals surface area contributed by atoms with E-state index in [1.54, 1.807) is 0 Å². The number of carboxylic acids is 1. The number of aliphatic carboxylic acids is 1. The Morgan fingerprint density at radius 1 is 1.37 bits per heavy atom. The van der Waals surface area contributed by atoms with Gasteiger partial charge in [0.05, 0.1) is 11.7 Å². The first kappa shape index (κ1) is 14.0. The Morgan fingerprint density at radius 3 is 2.53 bits per heavy atom. The van der Waals surface area contributed by atoms with E-state index in [9.17, 15) is 17.6 Å². The monoisotopic (exact) mass is 287 g/mol. The van der Waals surface area contributed by atoms with Crippen molar-refractivity contribution in [1.29, 1.82) is 0 Å². The quantitative estimate of drug-likeness (QED) is 0.898. The van der Waals surface area contributed by atoms with Crippen LogP contribution in [0.1, 0.15) is 12.0 Å². The SMILES string of the molecule is O=C(O)C1CCN(S(=O)(=O)Cc2ccc(F)cc2)C1. The Bertz CT molecular complexity index is 570. The molecule has 0 bridgehead atoms. The van der Waals surface area contributed by atoms with E-state index in [1.807, 2.05) is 0 Å². The molecule has 1 aliphatic heterocycles. The van der Waals surface area contributed by atoms with Crippen LogP contribution in [0.2, 0.25) is 0 Å². The predicted octanol–water partition coefficient (Wildman–Crippen LogP) is 1.06. The van der Waals surface area contributed by atoms with Crippen molar-refractivity contribution >= 4 is 16.0 Å². The van der Waals surface area contributed by atoms with Gasteiger partial charge in [-0.05, 0) is 24.1 Å². The van der Waals surface area contributed by atoms with E-state index in [1.165, 1.54) is 28.6 Å². The van der Waals surface area contributed by atoms with Crippen LogP contribution in [0.4, 0.5) is 4.39 Å². The molecule has 19 heavy (non-hydrogen) atoms. The predicted molar refractivity (Wildman–Crippen MR) is 66.3 cm³/mol. The van der Waals surface area contributed by atoms with Gasteiger partial charge in [-0.25, -0.2) is 17.1 Å². The molecule has 1 aromatic carbocycles. The van der Waals surface area contributed by atoms with Gasteiger partial charge in [0.2, 0.25) is 10.0 Å². The van der Waals surface area contributed by atoms with Crippen molar-refractivity contribution < 1.29 is 22.7 Å². The number of hydrogen-bond donors (Lipinski definition) is 1. The second kappa shape index (κ2) is 5.26. The van der Waals surface area contributed by atoms with Crippen LogP contribution in [0, 0.1) is 11.7 Å². The lowest BCUT2D eigenvalue weighted by Gasteiger charge is -2.15. The van der Waals surface area contributed by atoms with Crippen molar-refractivity contribution in [3.63, 3.8) is 0 Å². The highest BCUT2D eigenvalue weighted by Crippen LogP contribution is 2.22. The van der Waals surface area contributed by atoms with Crippen LogP contribution >= 0.6 is 0 Å². The summed E-state index contributed by atoms with van der Waals surface area (Å²) in [4.78, 5) is 10.8. The second-order valence-corrected chi connectivity index (χ2v) is 6.53. The molecule has 2 rings (SSSR count). The van der Waals surface area contributed by atoms with Crippen molar-refractivity contribution in [2.45, 2.75) is 12.2 Å². The molecule has 1 aliphatic rings. The van der Waals surface area contributed by atoms with Gasteiger partial charge in [0.15, 0.2) is 0 Å². The lowest BCUT2D eigenvalue weighted by molar-refractivity contribution is -0.141. The zero-order valence-electron chi connectivity index (χ0n) is 10.1. The van der Waals surface area contributed by atoms with E-state index in [4.69, 9.17) is 5.11 Å². The van der Waals surface area contributed by atoms with Crippen molar-refractivity contribution in [2.24, 2.45) is 5.92 Å². The zero-order chi connectivity index (χ0) is 14.0. The Balaban J connectivity index is 2.07. The van der Waals surface area contributed by atoms with Crippen molar-refractivity contribution in [3.8, 4) is 0 Å². The topological polar surface area (TPSA) is 74.7 Å². The van der Waals surface area contributed by atoms with Crippen LogP contribution in [0.25, 0.3) is 0 Å². The number of sulfonamides is 1. The van der Waals surface area contributed by atoms with Crippen LogP contribution in [0.5, 0.6) is 0 Å². The maximum atomic E-state index is 12.7. The number of carboxylic acid groups (broad SMARTS) is 1. The number of benzene rings is 1. The third-order valence-corrected chi connectivity index (χ3v) is 4.97. The molecule has 0 saturated carbocycles. The summed E-state index contributed by atoms with van der Waals surface area (Å²) in [6.45, 7) is 0.235. The molecule has 0 amide bonds. The summed E-state index contributed by atoms with van der Waals surface area (Å²) < 4.78 is 38.1. The van der Waals surface area contributed by atoms with E-state index >= 15 is 0 Å². The van der Waals surface area contributed by atoms with E-state index < -0.39 is 27.7 Å². The summed E-state index contributed by atoms with van der Waals surface area (Å²) in [7, 11) is -3.54. The Morgan fingerprint density at radius 2 is 2.00 bits per heavy atom. The summed E-state index contributed by atoms with van der Waals surface area (Å²) in [5.74, 6) is -2.27. The molecule has 0 spiro atoms. The molecule has 1 unspecified atom stereocenters. The van der Waals surface area contributed by atoms with Crippen molar-refractivity contribution in [3.05, 3.63) is 35.6 Å². The number of halogens is 1. The molecular weight excluding hydrogens is 273 g/mol. The maximum Gasteiger partial charge on any atom is 0.307 e. The average Bonchev–Trinajstić information content (AvgIpc) is 2.82. The molecule has 1 atom stereocenters. The summed E-state index contributed by atoms with van der Waals surface area (Å²) in [5, 5.41) is 8.85. The largest absolute Gasteiger partial charge is 0.481 e. The van der Waals surface area contributed by atoms with Gasteiger partial charge in [0.25, 0.3) is 0 Å². The fourth-order valence-corrected chi connectivity index (χ4v) is 3.65. The van der Waals surface area contributed by atoms with Crippen LogP contribution in [0.3, 0.4) is 0 Å². The molecule has 1 saturated heterocycles. The zero-order valence-corrected chi connectivity index (χ0v) is 10.9. The average molecular weight is 287 g/mol. The van der Waals surface area contributed by atoms with Crippen LogP contribution in [-0.4, -0.2) is 36.9 Å². The number of nitrogens with zero attached hydrogens (tertiary/aromatic N) is 1. The first-order chi connectivity index (χ1) is 8.88. The Labute approximate surface area is 110 Å². The third-order valence-electron chi connectivity index (χ3n) is 3.16. The summed E-state index contributed by atoms with van der Waals surface area (Å²) in [6.07, 6.45) is 0.331. The van der Waals surface area contributed by atoms with Gasteiger partial charge < -0.3 is 5.11 Å². The molecule has 0 radical (unpaired) electrons. The molecule has 1 N–H and O–H groups in total. The van der Waals surface area contributed by atoms with Gasteiger partial charge >= 0.3 is 5.97 Å². The molecule has 1 heterocycles. The molecule has 5 nitrogen and oxygen atoms in total. The third kappa shape index (κ3) is 3.30. The summed E-state index contributed by atoms with van der Waals surface area (Å²) in [6, 6.07) is 5.24. The van der Waals surface area contributed by atoms with Crippen molar-refractivity contribution in [1.82, 2.24) is 4.31 Å².